The number of benzene rings is 2. The number of alkyl halides is 3. The molecule has 0 saturated carbocycles. The number of nitrogens with zero attached hydrogens (tertiary/aromatic N) is 2. The first-order chi connectivity index (χ1) is 15.2. The van der Waals surface area contributed by atoms with Crippen molar-refractivity contribution in [1.29, 1.82) is 5.26 Å². The minimum atomic E-state index is -4.23. The fourth-order valence-electron chi connectivity index (χ4n) is 3.68. The van der Waals surface area contributed by atoms with Crippen LogP contribution < -0.4 is 5.48 Å². The maximum absolute atomic E-state index is 12.8. The van der Waals surface area contributed by atoms with E-state index in [0.717, 1.165) is 20.9 Å². The molecule has 170 valence electrons. The quantitative estimate of drug-likeness (QED) is 0.419. The molecule has 0 amide bonds. The van der Waals surface area contributed by atoms with E-state index in [-0.39, 0.29) is 13.2 Å². The summed E-state index contributed by atoms with van der Waals surface area (Å²) < 4.78 is 44.2. The Kier molecular flexibility index (Phi) is 7.85. The smallest absolute Gasteiger partial charge is 0.372 e. The summed E-state index contributed by atoms with van der Waals surface area (Å²) in [5.41, 5.74) is 4.12. The summed E-state index contributed by atoms with van der Waals surface area (Å²) in [4.78, 5) is 8.30. The van der Waals surface area contributed by atoms with Crippen molar-refractivity contribution in [3.63, 3.8) is 0 Å². The summed E-state index contributed by atoms with van der Waals surface area (Å²) in [6.07, 6.45) is -3.72. The van der Waals surface area contributed by atoms with Gasteiger partial charge in [0.2, 0.25) is 0 Å². The molecule has 1 saturated heterocycles. The predicted octanol–water partition coefficient (Wildman–Crippen LogP) is 4.96. The van der Waals surface area contributed by atoms with Gasteiger partial charge in [0, 0.05) is 30.0 Å². The summed E-state index contributed by atoms with van der Waals surface area (Å²) in [6.45, 7) is 3.40. The van der Waals surface area contributed by atoms with Crippen LogP contribution >= 0.6 is 11.8 Å². The largest absolute Gasteiger partial charge is 0.401 e. The molecule has 1 atom stereocenters. The summed E-state index contributed by atoms with van der Waals surface area (Å²) in [5.74, 6) is 0. The van der Waals surface area contributed by atoms with Crippen molar-refractivity contribution >= 4 is 17.5 Å². The Morgan fingerprint density at radius 1 is 1.25 bits per heavy atom. The highest BCUT2D eigenvalue weighted by molar-refractivity contribution is 7.99. The molecule has 0 aromatic heterocycles. The fraction of sp³-hybridized carbons (Fsp3) is 0.348. The third-order valence-electron chi connectivity index (χ3n) is 5.24. The molecule has 1 unspecified atom stereocenters. The standard InChI is InChI=1S/C23H24F3N3O2S/c1-17(28-31-13-11-27)18-6-8-20(9-7-18)32-21-5-3-4-19(14-21)22(30-2)10-12-29(15-22)16-23(24,25)26/h3-9,14,28H,1,10,12-13,15-16H2,2H3. The molecule has 5 nitrogen and oxygen atoms in total. The van der Waals surface area contributed by atoms with Crippen LogP contribution in [0.15, 0.2) is 64.9 Å². The SMILES string of the molecule is C=C(NOCC#N)c1ccc(Sc2cccc(C3(OC)CCN(CC(F)(F)F)C3)c2)cc1. The van der Waals surface area contributed by atoms with Crippen LogP contribution in [0.4, 0.5) is 13.2 Å². The van der Waals surface area contributed by atoms with E-state index in [9.17, 15) is 13.2 Å². The molecule has 2 aromatic carbocycles. The number of nitrogens with one attached hydrogen (secondary N) is 1. The molecule has 1 N–H and O–H groups in total. The van der Waals surface area contributed by atoms with Crippen LogP contribution in [0.1, 0.15) is 17.5 Å². The lowest BCUT2D eigenvalue weighted by Gasteiger charge is -2.29. The van der Waals surface area contributed by atoms with E-state index in [2.05, 4.69) is 12.1 Å². The highest BCUT2D eigenvalue weighted by Crippen LogP contribution is 2.39. The molecule has 1 aliphatic rings. The highest BCUT2D eigenvalue weighted by atomic mass is 32.2. The Hall–Kier alpha value is -2.51. The second-order valence-corrected chi connectivity index (χ2v) is 8.60. The molecular formula is C23H24F3N3O2S. The molecule has 1 heterocycles. The molecule has 32 heavy (non-hydrogen) atoms. The van der Waals surface area contributed by atoms with E-state index >= 15 is 0 Å². The molecule has 0 aliphatic carbocycles. The van der Waals surface area contributed by atoms with Crippen molar-refractivity contribution in [1.82, 2.24) is 10.4 Å². The van der Waals surface area contributed by atoms with Gasteiger partial charge < -0.3 is 4.74 Å². The van der Waals surface area contributed by atoms with Gasteiger partial charge in [0.15, 0.2) is 6.61 Å². The van der Waals surface area contributed by atoms with Crippen molar-refractivity contribution in [2.75, 3.05) is 33.4 Å². The van der Waals surface area contributed by atoms with Crippen LogP contribution in [0.3, 0.4) is 0 Å². The zero-order valence-corrected chi connectivity index (χ0v) is 18.4. The van der Waals surface area contributed by atoms with Gasteiger partial charge in [-0.15, -0.1) is 0 Å². The summed E-state index contributed by atoms with van der Waals surface area (Å²) in [6, 6.07) is 17.3. The number of ether oxygens (including phenoxy) is 1. The highest BCUT2D eigenvalue weighted by Gasteiger charge is 2.43. The van der Waals surface area contributed by atoms with Gasteiger partial charge in [-0.3, -0.25) is 15.2 Å². The normalized spacial score (nSPS) is 19.0. The van der Waals surface area contributed by atoms with Gasteiger partial charge >= 0.3 is 6.18 Å². The Balaban J connectivity index is 1.68. The summed E-state index contributed by atoms with van der Waals surface area (Å²) in [7, 11) is 1.55. The Morgan fingerprint density at radius 2 is 2.00 bits per heavy atom. The van der Waals surface area contributed by atoms with Gasteiger partial charge in [0.25, 0.3) is 0 Å². The van der Waals surface area contributed by atoms with Crippen molar-refractivity contribution in [3.05, 3.63) is 66.2 Å². The minimum absolute atomic E-state index is 0.0831. The number of hydroxylamine groups is 1. The van der Waals surface area contributed by atoms with Crippen LogP contribution in [0.2, 0.25) is 0 Å². The van der Waals surface area contributed by atoms with E-state index in [0.29, 0.717) is 18.7 Å². The predicted molar refractivity (Wildman–Crippen MR) is 117 cm³/mol. The van der Waals surface area contributed by atoms with E-state index in [1.807, 2.05) is 54.6 Å². The zero-order valence-electron chi connectivity index (χ0n) is 17.6. The van der Waals surface area contributed by atoms with Crippen LogP contribution in [0, 0.1) is 11.3 Å². The number of halogens is 3. The lowest BCUT2D eigenvalue weighted by Crippen LogP contribution is -2.37. The lowest BCUT2D eigenvalue weighted by atomic mass is 9.93. The van der Waals surface area contributed by atoms with Gasteiger partial charge in [0.1, 0.15) is 5.60 Å². The van der Waals surface area contributed by atoms with E-state index in [4.69, 9.17) is 14.8 Å². The monoisotopic (exact) mass is 463 g/mol. The average Bonchev–Trinajstić information content (AvgIpc) is 3.17. The van der Waals surface area contributed by atoms with Crippen LogP contribution in [0.5, 0.6) is 0 Å². The van der Waals surface area contributed by atoms with Gasteiger partial charge in [0.05, 0.1) is 18.3 Å². The number of hydrogen-bond donors (Lipinski definition) is 1. The van der Waals surface area contributed by atoms with Gasteiger partial charge in [-0.25, -0.2) is 0 Å². The van der Waals surface area contributed by atoms with Crippen molar-refractivity contribution in [2.24, 2.45) is 0 Å². The third-order valence-corrected chi connectivity index (χ3v) is 6.23. The number of likely N-dealkylation sites (tertiary alicyclic amines) is 1. The lowest BCUT2D eigenvalue weighted by molar-refractivity contribution is -0.146. The molecule has 0 spiro atoms. The average molecular weight is 464 g/mol. The van der Waals surface area contributed by atoms with Crippen molar-refractivity contribution in [3.8, 4) is 6.07 Å². The number of rotatable bonds is 9. The number of hydrogen-bond acceptors (Lipinski definition) is 6. The Morgan fingerprint density at radius 3 is 2.66 bits per heavy atom. The first-order valence-corrected chi connectivity index (χ1v) is 10.7. The van der Waals surface area contributed by atoms with Gasteiger partial charge in [-0.2, -0.15) is 18.4 Å². The molecule has 1 aliphatic heterocycles. The second-order valence-electron chi connectivity index (χ2n) is 7.46. The molecule has 3 rings (SSSR count). The summed E-state index contributed by atoms with van der Waals surface area (Å²) >= 11 is 1.55. The molecular weight excluding hydrogens is 439 g/mol. The van der Waals surface area contributed by atoms with E-state index in [1.54, 1.807) is 18.9 Å². The molecule has 2 aromatic rings. The minimum Gasteiger partial charge on any atom is -0.372 e. The topological polar surface area (TPSA) is 57.5 Å². The van der Waals surface area contributed by atoms with Crippen LogP contribution in [0.25, 0.3) is 5.70 Å². The van der Waals surface area contributed by atoms with Gasteiger partial charge in [-0.1, -0.05) is 42.6 Å². The Bertz CT molecular complexity index is 976. The zero-order chi connectivity index (χ0) is 23.2. The number of nitriles is 1. The summed E-state index contributed by atoms with van der Waals surface area (Å²) in [5, 5.41) is 8.50. The van der Waals surface area contributed by atoms with E-state index in [1.165, 1.54) is 4.90 Å². The van der Waals surface area contributed by atoms with Crippen LogP contribution in [-0.4, -0.2) is 44.4 Å². The maximum atomic E-state index is 12.8. The Labute approximate surface area is 189 Å². The molecule has 9 heteroatoms. The number of methoxy groups -OCH3 is 1. The van der Waals surface area contributed by atoms with Crippen LogP contribution in [-0.2, 0) is 15.2 Å². The second kappa shape index (κ2) is 10.4. The van der Waals surface area contributed by atoms with Crippen molar-refractivity contribution < 1.29 is 22.7 Å². The van der Waals surface area contributed by atoms with E-state index < -0.39 is 18.3 Å². The first-order valence-electron chi connectivity index (χ1n) is 9.91. The fourth-order valence-corrected chi connectivity index (χ4v) is 4.56. The molecule has 1 fully saturated rings. The molecule has 0 radical (unpaired) electrons. The molecule has 0 bridgehead atoms. The van der Waals surface area contributed by atoms with Gasteiger partial charge in [-0.05, 0) is 41.8 Å². The maximum Gasteiger partial charge on any atom is 0.401 e. The first kappa shape index (κ1) is 24.1. The third kappa shape index (κ3) is 6.26. The van der Waals surface area contributed by atoms with Crippen molar-refractivity contribution in [2.45, 2.75) is 28.0 Å².